The lowest BCUT2D eigenvalue weighted by Crippen LogP contribution is -2.32. The molecule has 0 saturated carbocycles. The molecule has 1 saturated heterocycles. The number of nitrogens with zero attached hydrogens (tertiary/aromatic N) is 1. The van der Waals surface area contributed by atoms with E-state index in [9.17, 15) is 14.4 Å². The fraction of sp³-hybridized carbons (Fsp3) is 0.263. The van der Waals surface area contributed by atoms with Crippen LogP contribution in [0.2, 0.25) is 0 Å². The molecule has 0 unspecified atom stereocenters. The molecule has 0 spiro atoms. The third-order valence-electron chi connectivity index (χ3n) is 3.97. The quantitative estimate of drug-likeness (QED) is 0.545. The van der Waals surface area contributed by atoms with Crippen molar-refractivity contribution >= 4 is 51.8 Å². The van der Waals surface area contributed by atoms with Crippen LogP contribution in [0.25, 0.3) is 0 Å². The Morgan fingerprint density at radius 1 is 1.29 bits per heavy atom. The molecule has 2 aromatic rings. The molecule has 1 N–H and O–H groups in total. The summed E-state index contributed by atoms with van der Waals surface area (Å²) < 4.78 is 10.7. The molecular formula is C19H18N2O5S2. The van der Waals surface area contributed by atoms with Crippen LogP contribution in [0.15, 0.2) is 47.1 Å². The van der Waals surface area contributed by atoms with E-state index in [2.05, 4.69) is 5.32 Å². The number of furan rings is 1. The summed E-state index contributed by atoms with van der Waals surface area (Å²) in [5.41, 5.74) is 0.606. The highest BCUT2D eigenvalue weighted by Gasteiger charge is 2.38. The van der Waals surface area contributed by atoms with Gasteiger partial charge in [-0.3, -0.25) is 14.5 Å². The van der Waals surface area contributed by atoms with E-state index in [1.807, 2.05) is 0 Å². The van der Waals surface area contributed by atoms with E-state index in [0.717, 1.165) is 0 Å². The van der Waals surface area contributed by atoms with E-state index in [-0.39, 0.29) is 37.0 Å². The van der Waals surface area contributed by atoms with E-state index in [0.29, 0.717) is 15.8 Å². The Balaban J connectivity index is 1.63. The van der Waals surface area contributed by atoms with E-state index in [1.165, 1.54) is 22.9 Å². The molecule has 1 aliphatic rings. The van der Waals surface area contributed by atoms with Gasteiger partial charge in [-0.15, -0.1) is 0 Å². The minimum atomic E-state index is -0.614. The molecule has 0 radical (unpaired) electrons. The number of amides is 2. The monoisotopic (exact) mass is 418 g/mol. The van der Waals surface area contributed by atoms with Crippen LogP contribution >= 0.6 is 24.0 Å². The summed E-state index contributed by atoms with van der Waals surface area (Å²) >= 11 is 6.44. The number of para-hydroxylation sites is 1. The second-order valence-electron chi connectivity index (χ2n) is 5.89. The Kier molecular flexibility index (Phi) is 6.48. The molecule has 1 fully saturated rings. The van der Waals surface area contributed by atoms with Crippen molar-refractivity contribution in [3.8, 4) is 0 Å². The van der Waals surface area contributed by atoms with E-state index < -0.39 is 11.2 Å². The van der Waals surface area contributed by atoms with E-state index in [1.54, 1.807) is 43.3 Å². The van der Waals surface area contributed by atoms with Gasteiger partial charge >= 0.3 is 5.97 Å². The summed E-state index contributed by atoms with van der Waals surface area (Å²) in [6, 6.07) is 10.1. The molecule has 28 heavy (non-hydrogen) atoms. The summed E-state index contributed by atoms with van der Waals surface area (Å²) in [6.45, 7) is 2.18. The van der Waals surface area contributed by atoms with Crippen LogP contribution in [0.3, 0.4) is 0 Å². The van der Waals surface area contributed by atoms with Crippen molar-refractivity contribution in [3.05, 3.63) is 54.0 Å². The minimum absolute atomic E-state index is 0.0601. The van der Waals surface area contributed by atoms with Gasteiger partial charge in [0.15, 0.2) is 0 Å². The second kappa shape index (κ2) is 9.03. The second-order valence-corrected chi connectivity index (χ2v) is 7.73. The van der Waals surface area contributed by atoms with E-state index >= 15 is 0 Å². The van der Waals surface area contributed by atoms with Gasteiger partial charge in [0.25, 0.3) is 0 Å². The number of nitrogens with one attached hydrogen (secondary N) is 1. The summed E-state index contributed by atoms with van der Waals surface area (Å²) in [5, 5.41) is 2.07. The number of hydrogen-bond acceptors (Lipinski definition) is 7. The molecule has 1 aliphatic heterocycles. The largest absolute Gasteiger partial charge is 0.467 e. The van der Waals surface area contributed by atoms with Crippen LogP contribution < -0.4 is 5.32 Å². The van der Waals surface area contributed by atoms with Crippen molar-refractivity contribution in [2.24, 2.45) is 0 Å². The fourth-order valence-corrected chi connectivity index (χ4v) is 4.17. The molecule has 3 rings (SSSR count). The Labute approximate surface area is 171 Å². The number of ether oxygens (including phenoxy) is 1. The van der Waals surface area contributed by atoms with Crippen LogP contribution in [0.5, 0.6) is 0 Å². The van der Waals surface area contributed by atoms with Gasteiger partial charge in [0.1, 0.15) is 10.1 Å². The van der Waals surface area contributed by atoms with Crippen molar-refractivity contribution in [2.75, 3.05) is 11.9 Å². The zero-order valence-corrected chi connectivity index (χ0v) is 16.7. The topological polar surface area (TPSA) is 88.8 Å². The maximum Gasteiger partial charge on any atom is 0.340 e. The highest BCUT2D eigenvalue weighted by Crippen LogP contribution is 2.31. The number of carbonyl (C=O) groups excluding carboxylic acids is 3. The van der Waals surface area contributed by atoms with Gasteiger partial charge in [0.2, 0.25) is 11.8 Å². The standard InChI is InChI=1S/C19H18N2O5S2/c1-2-25-18(24)13-7-3-4-8-14(13)20-16(22)10-15-17(23)21(19(27)28-15)11-12-6-5-9-26-12/h3-9,15H,2,10-11H2,1H3,(H,20,22)/t15-/m1/s1. The van der Waals surface area contributed by atoms with Crippen molar-refractivity contribution in [1.82, 2.24) is 4.90 Å². The molecule has 2 heterocycles. The smallest absolute Gasteiger partial charge is 0.340 e. The lowest BCUT2D eigenvalue weighted by molar-refractivity contribution is -0.128. The Hall–Kier alpha value is -2.65. The lowest BCUT2D eigenvalue weighted by Gasteiger charge is -2.14. The Bertz CT molecular complexity index is 897. The molecular weight excluding hydrogens is 400 g/mol. The van der Waals surface area contributed by atoms with Crippen LogP contribution in [0.1, 0.15) is 29.5 Å². The number of hydrogen-bond donors (Lipinski definition) is 1. The molecule has 0 bridgehead atoms. The van der Waals surface area contributed by atoms with Gasteiger partial charge in [-0.05, 0) is 31.2 Å². The predicted molar refractivity (Wildman–Crippen MR) is 109 cm³/mol. The average Bonchev–Trinajstić information content (AvgIpc) is 3.27. The van der Waals surface area contributed by atoms with Crippen molar-refractivity contribution in [1.29, 1.82) is 0 Å². The van der Waals surface area contributed by atoms with Crippen LogP contribution in [-0.2, 0) is 20.9 Å². The van der Waals surface area contributed by atoms with Crippen LogP contribution in [0.4, 0.5) is 5.69 Å². The SMILES string of the molecule is CCOC(=O)c1ccccc1NC(=O)C[C@H]1SC(=S)N(Cc2ccco2)C1=O. The zero-order chi connectivity index (χ0) is 20.1. The molecule has 1 atom stereocenters. The summed E-state index contributed by atoms with van der Waals surface area (Å²) in [5.74, 6) is -0.522. The maximum absolute atomic E-state index is 12.6. The molecule has 0 aliphatic carbocycles. The van der Waals surface area contributed by atoms with Gasteiger partial charge < -0.3 is 14.5 Å². The zero-order valence-electron chi connectivity index (χ0n) is 15.0. The Morgan fingerprint density at radius 2 is 2.07 bits per heavy atom. The predicted octanol–water partition coefficient (Wildman–Crippen LogP) is 3.21. The molecule has 2 amide bonds. The lowest BCUT2D eigenvalue weighted by atomic mass is 10.1. The van der Waals surface area contributed by atoms with Crippen LogP contribution in [0, 0.1) is 0 Å². The first kappa shape index (κ1) is 20.1. The highest BCUT2D eigenvalue weighted by molar-refractivity contribution is 8.24. The number of thioether (sulfide) groups is 1. The maximum atomic E-state index is 12.6. The summed E-state index contributed by atoms with van der Waals surface area (Å²) in [4.78, 5) is 38.5. The van der Waals surface area contributed by atoms with Gasteiger partial charge in [-0.2, -0.15) is 0 Å². The summed E-state index contributed by atoms with van der Waals surface area (Å²) in [7, 11) is 0. The third-order valence-corrected chi connectivity index (χ3v) is 5.55. The number of esters is 1. The molecule has 9 heteroatoms. The first-order valence-corrected chi connectivity index (χ1v) is 9.88. The highest BCUT2D eigenvalue weighted by atomic mass is 32.2. The van der Waals surface area contributed by atoms with Gasteiger partial charge in [0, 0.05) is 6.42 Å². The number of anilines is 1. The number of carbonyl (C=O) groups is 3. The number of thiocarbonyl (C=S) groups is 1. The Morgan fingerprint density at radius 3 is 2.79 bits per heavy atom. The van der Waals surface area contributed by atoms with Gasteiger partial charge in [-0.25, -0.2) is 4.79 Å². The molecule has 146 valence electrons. The van der Waals surface area contributed by atoms with Gasteiger partial charge in [-0.1, -0.05) is 36.1 Å². The van der Waals surface area contributed by atoms with E-state index in [4.69, 9.17) is 21.4 Å². The number of benzene rings is 1. The molecule has 1 aromatic heterocycles. The molecule has 1 aromatic carbocycles. The first-order chi connectivity index (χ1) is 13.5. The minimum Gasteiger partial charge on any atom is -0.467 e. The van der Waals surface area contributed by atoms with Crippen LogP contribution in [-0.4, -0.2) is 38.9 Å². The average molecular weight is 418 g/mol. The fourth-order valence-electron chi connectivity index (χ4n) is 2.68. The van der Waals surface area contributed by atoms with Crippen molar-refractivity contribution < 1.29 is 23.5 Å². The number of rotatable bonds is 7. The normalized spacial score (nSPS) is 16.3. The molecule has 7 nitrogen and oxygen atoms in total. The van der Waals surface area contributed by atoms with Crippen molar-refractivity contribution in [3.63, 3.8) is 0 Å². The summed E-state index contributed by atoms with van der Waals surface area (Å²) in [6.07, 6.45) is 1.47. The third kappa shape index (κ3) is 4.60. The van der Waals surface area contributed by atoms with Crippen molar-refractivity contribution in [2.45, 2.75) is 25.1 Å². The van der Waals surface area contributed by atoms with Gasteiger partial charge in [0.05, 0.1) is 35.9 Å². The first-order valence-electron chi connectivity index (χ1n) is 8.60.